The molecule has 1 aliphatic heterocycles. The molecule has 1 aromatic carbocycles. The molecule has 146 valence electrons. The van der Waals surface area contributed by atoms with Crippen LogP contribution in [0.4, 0.5) is 16.0 Å². The lowest BCUT2D eigenvalue weighted by Gasteiger charge is -2.29. The molecule has 0 spiro atoms. The van der Waals surface area contributed by atoms with Crippen molar-refractivity contribution in [3.8, 4) is 5.69 Å². The van der Waals surface area contributed by atoms with Gasteiger partial charge in [-0.3, -0.25) is 0 Å². The Bertz CT molecular complexity index is 980. The molecule has 9 heteroatoms. The van der Waals surface area contributed by atoms with E-state index in [4.69, 9.17) is 4.74 Å². The van der Waals surface area contributed by atoms with E-state index in [0.717, 1.165) is 12.8 Å². The molecule has 0 unspecified atom stereocenters. The van der Waals surface area contributed by atoms with Crippen LogP contribution in [0.1, 0.15) is 25.7 Å². The van der Waals surface area contributed by atoms with E-state index in [1.54, 1.807) is 16.9 Å². The second-order valence-corrected chi connectivity index (χ2v) is 7.26. The van der Waals surface area contributed by atoms with Crippen LogP contribution in [0.3, 0.4) is 0 Å². The standard InChI is InChI=1S/C19H22FN7O/c20-15-11-14(5-6-17(15)26-7-9-28-10-8-26)27-18-16(24-25-27)12-21-19(23-18)22-13-3-1-2-4-13/h5-6,11-13H,1-4,7-10H2,(H,21,22,23). The number of rotatable bonds is 4. The second kappa shape index (κ2) is 7.31. The summed E-state index contributed by atoms with van der Waals surface area (Å²) in [4.78, 5) is 10.9. The van der Waals surface area contributed by atoms with Crippen LogP contribution < -0.4 is 10.2 Å². The number of morpholine rings is 1. The molecule has 8 nitrogen and oxygen atoms in total. The minimum absolute atomic E-state index is 0.290. The maximum Gasteiger partial charge on any atom is 0.225 e. The van der Waals surface area contributed by atoms with Crippen molar-refractivity contribution in [1.29, 1.82) is 0 Å². The molecule has 3 aromatic rings. The topological polar surface area (TPSA) is 81.0 Å². The Morgan fingerprint density at radius 2 is 1.96 bits per heavy atom. The lowest BCUT2D eigenvalue weighted by Crippen LogP contribution is -2.36. The summed E-state index contributed by atoms with van der Waals surface area (Å²) < 4.78 is 21.7. The summed E-state index contributed by atoms with van der Waals surface area (Å²) in [7, 11) is 0. The van der Waals surface area contributed by atoms with Gasteiger partial charge in [0.2, 0.25) is 5.95 Å². The lowest BCUT2D eigenvalue weighted by atomic mass is 10.2. The average Bonchev–Trinajstić information content (AvgIpc) is 3.38. The van der Waals surface area contributed by atoms with Crippen LogP contribution in [0.25, 0.3) is 16.9 Å². The highest BCUT2D eigenvalue weighted by Crippen LogP contribution is 2.25. The molecule has 0 amide bonds. The number of halogens is 1. The molecule has 5 rings (SSSR count). The van der Waals surface area contributed by atoms with Crippen LogP contribution in [-0.4, -0.2) is 57.3 Å². The normalized spacial score (nSPS) is 18.1. The predicted octanol–water partition coefficient (Wildman–Crippen LogP) is 2.54. The summed E-state index contributed by atoms with van der Waals surface area (Å²) in [6, 6.07) is 5.51. The van der Waals surface area contributed by atoms with Crippen molar-refractivity contribution >= 4 is 22.8 Å². The van der Waals surface area contributed by atoms with E-state index >= 15 is 0 Å². The number of aromatic nitrogens is 5. The first-order valence-electron chi connectivity index (χ1n) is 9.75. The zero-order valence-electron chi connectivity index (χ0n) is 15.5. The molecule has 28 heavy (non-hydrogen) atoms. The molecule has 3 heterocycles. The van der Waals surface area contributed by atoms with Crippen molar-refractivity contribution < 1.29 is 9.13 Å². The van der Waals surface area contributed by atoms with Crippen LogP contribution in [0.2, 0.25) is 0 Å². The molecule has 0 radical (unpaired) electrons. The van der Waals surface area contributed by atoms with Crippen molar-refractivity contribution in [3.05, 3.63) is 30.2 Å². The van der Waals surface area contributed by atoms with Gasteiger partial charge >= 0.3 is 0 Å². The van der Waals surface area contributed by atoms with E-state index < -0.39 is 0 Å². The monoisotopic (exact) mass is 383 g/mol. The van der Waals surface area contributed by atoms with Crippen LogP contribution in [-0.2, 0) is 4.74 Å². The smallest absolute Gasteiger partial charge is 0.225 e. The number of benzene rings is 1. The number of anilines is 2. The first-order valence-corrected chi connectivity index (χ1v) is 9.75. The molecule has 1 N–H and O–H groups in total. The fourth-order valence-electron chi connectivity index (χ4n) is 3.91. The number of hydrogen-bond acceptors (Lipinski definition) is 7. The first-order chi connectivity index (χ1) is 13.8. The molecule has 2 aliphatic rings. The van der Waals surface area contributed by atoms with Crippen LogP contribution in [0, 0.1) is 5.82 Å². The zero-order valence-corrected chi connectivity index (χ0v) is 15.5. The minimum atomic E-state index is -0.290. The quantitative estimate of drug-likeness (QED) is 0.741. The highest BCUT2D eigenvalue weighted by molar-refractivity contribution is 5.72. The van der Waals surface area contributed by atoms with Gasteiger partial charge in [0.05, 0.1) is 30.8 Å². The van der Waals surface area contributed by atoms with Gasteiger partial charge in [-0.1, -0.05) is 18.1 Å². The Hall–Kier alpha value is -2.81. The summed E-state index contributed by atoms with van der Waals surface area (Å²) in [6.07, 6.45) is 6.38. The maximum atomic E-state index is 14.8. The largest absolute Gasteiger partial charge is 0.378 e. The highest BCUT2D eigenvalue weighted by Gasteiger charge is 2.19. The summed E-state index contributed by atoms with van der Waals surface area (Å²) >= 11 is 0. The van der Waals surface area contributed by atoms with Gasteiger partial charge < -0.3 is 15.0 Å². The molecule has 0 atom stereocenters. The third kappa shape index (κ3) is 3.26. The molecule has 1 saturated heterocycles. The van der Waals surface area contributed by atoms with Gasteiger partial charge in [-0.2, -0.15) is 9.67 Å². The van der Waals surface area contributed by atoms with Gasteiger partial charge in [0.15, 0.2) is 11.2 Å². The van der Waals surface area contributed by atoms with Crippen LogP contribution >= 0.6 is 0 Å². The number of nitrogens with zero attached hydrogens (tertiary/aromatic N) is 6. The fourth-order valence-corrected chi connectivity index (χ4v) is 3.91. The average molecular weight is 383 g/mol. The third-order valence-electron chi connectivity index (χ3n) is 5.41. The highest BCUT2D eigenvalue weighted by atomic mass is 19.1. The SMILES string of the molecule is Fc1cc(-n2nnc3cnc(NC4CCCC4)nc32)ccc1N1CCOCC1. The molecule has 1 aliphatic carbocycles. The molecule has 0 bridgehead atoms. The van der Waals surface area contributed by atoms with Crippen LogP contribution in [0.15, 0.2) is 24.4 Å². The zero-order chi connectivity index (χ0) is 18.9. The number of ether oxygens (including phenoxy) is 1. The van der Waals surface area contributed by atoms with Gasteiger partial charge in [-0.15, -0.1) is 5.10 Å². The van der Waals surface area contributed by atoms with Gasteiger partial charge in [0.1, 0.15) is 5.82 Å². The molecule has 2 aromatic heterocycles. The van der Waals surface area contributed by atoms with E-state index in [0.29, 0.717) is 60.8 Å². The summed E-state index contributed by atoms with van der Waals surface area (Å²) in [5, 5.41) is 11.7. The van der Waals surface area contributed by atoms with Gasteiger partial charge in [-0.05, 0) is 25.0 Å². The summed E-state index contributed by atoms with van der Waals surface area (Å²) in [5.74, 6) is 0.273. The minimum Gasteiger partial charge on any atom is -0.378 e. The van der Waals surface area contributed by atoms with E-state index in [1.165, 1.54) is 18.9 Å². The van der Waals surface area contributed by atoms with E-state index in [-0.39, 0.29) is 5.82 Å². The lowest BCUT2D eigenvalue weighted by molar-refractivity contribution is 0.122. The van der Waals surface area contributed by atoms with Crippen molar-refractivity contribution in [2.45, 2.75) is 31.7 Å². The maximum absolute atomic E-state index is 14.8. The van der Waals surface area contributed by atoms with E-state index in [1.807, 2.05) is 11.0 Å². The predicted molar refractivity (Wildman–Crippen MR) is 103 cm³/mol. The van der Waals surface area contributed by atoms with Crippen molar-refractivity contribution in [3.63, 3.8) is 0 Å². The molecule has 2 fully saturated rings. The fraction of sp³-hybridized carbons (Fsp3) is 0.474. The summed E-state index contributed by atoms with van der Waals surface area (Å²) in [6.45, 7) is 2.60. The number of nitrogens with one attached hydrogen (secondary N) is 1. The Kier molecular flexibility index (Phi) is 4.52. The van der Waals surface area contributed by atoms with Crippen LogP contribution in [0.5, 0.6) is 0 Å². The first kappa shape index (κ1) is 17.3. The second-order valence-electron chi connectivity index (χ2n) is 7.26. The Balaban J connectivity index is 1.45. The van der Waals surface area contributed by atoms with Crippen molar-refractivity contribution in [2.75, 3.05) is 36.5 Å². The Morgan fingerprint density at radius 3 is 2.75 bits per heavy atom. The number of fused-ring (bicyclic) bond motifs is 1. The van der Waals surface area contributed by atoms with Crippen molar-refractivity contribution in [1.82, 2.24) is 25.0 Å². The van der Waals surface area contributed by atoms with E-state index in [2.05, 4.69) is 25.6 Å². The van der Waals surface area contributed by atoms with Gasteiger partial charge in [-0.25, -0.2) is 9.37 Å². The number of hydrogen-bond donors (Lipinski definition) is 1. The molecular weight excluding hydrogens is 361 g/mol. The Morgan fingerprint density at radius 1 is 1.14 bits per heavy atom. The molecule has 1 saturated carbocycles. The van der Waals surface area contributed by atoms with E-state index in [9.17, 15) is 4.39 Å². The Labute approximate surface area is 161 Å². The van der Waals surface area contributed by atoms with Gasteiger partial charge in [0.25, 0.3) is 0 Å². The van der Waals surface area contributed by atoms with Gasteiger partial charge in [0, 0.05) is 25.2 Å². The third-order valence-corrected chi connectivity index (χ3v) is 5.41. The van der Waals surface area contributed by atoms with Crippen molar-refractivity contribution in [2.24, 2.45) is 0 Å². The summed E-state index contributed by atoms with van der Waals surface area (Å²) in [5.41, 5.74) is 2.31. The molecular formula is C19H22FN7O.